The van der Waals surface area contributed by atoms with Gasteiger partial charge in [-0.05, 0) is 11.6 Å². The Hall–Kier alpha value is -2.55. The summed E-state index contributed by atoms with van der Waals surface area (Å²) in [5.74, 6) is -2.66. The lowest BCUT2D eigenvalue weighted by Gasteiger charge is -2.24. The molecular formula is C15H15N3O5S. The van der Waals surface area contributed by atoms with Gasteiger partial charge in [0.1, 0.15) is 17.5 Å². The maximum Gasteiger partial charge on any atom is 0.326 e. The first-order chi connectivity index (χ1) is 11.4. The molecule has 126 valence electrons. The minimum Gasteiger partial charge on any atom is -0.480 e. The zero-order chi connectivity index (χ0) is 17.4. The highest BCUT2D eigenvalue weighted by molar-refractivity contribution is 7.99. The second-order valence-electron chi connectivity index (χ2n) is 5.57. The van der Waals surface area contributed by atoms with Gasteiger partial charge in [-0.25, -0.2) is 4.79 Å². The molecule has 2 heterocycles. The number of rotatable bonds is 5. The van der Waals surface area contributed by atoms with Crippen molar-refractivity contribution in [2.24, 2.45) is 5.73 Å². The summed E-state index contributed by atoms with van der Waals surface area (Å²) in [4.78, 5) is 48.5. The highest BCUT2D eigenvalue weighted by Gasteiger charge is 2.48. The maximum absolute atomic E-state index is 12.5. The number of thioether (sulfide) groups is 1. The summed E-state index contributed by atoms with van der Waals surface area (Å²) in [6.07, 6.45) is -0.501. The zero-order valence-corrected chi connectivity index (χ0v) is 13.3. The number of hydrogen-bond donors (Lipinski definition) is 3. The summed E-state index contributed by atoms with van der Waals surface area (Å²) in [5.41, 5.74) is 6.41. The molecule has 0 aromatic heterocycles. The summed E-state index contributed by atoms with van der Waals surface area (Å²) < 4.78 is 0. The molecule has 0 spiro atoms. The van der Waals surface area contributed by atoms with E-state index in [9.17, 15) is 19.2 Å². The van der Waals surface area contributed by atoms with Crippen LogP contribution in [0.1, 0.15) is 27.7 Å². The molecule has 0 radical (unpaired) electrons. The van der Waals surface area contributed by atoms with Crippen molar-refractivity contribution >= 4 is 35.5 Å². The molecule has 2 aliphatic rings. The van der Waals surface area contributed by atoms with Gasteiger partial charge >= 0.3 is 5.97 Å². The maximum atomic E-state index is 12.5. The van der Waals surface area contributed by atoms with E-state index in [0.29, 0.717) is 11.3 Å². The third kappa shape index (κ3) is 2.71. The van der Waals surface area contributed by atoms with E-state index in [0.717, 1.165) is 5.56 Å². The van der Waals surface area contributed by atoms with Gasteiger partial charge in [-0.2, -0.15) is 0 Å². The molecule has 2 aliphatic heterocycles. The Bertz CT molecular complexity index is 738. The molecule has 3 atom stereocenters. The summed E-state index contributed by atoms with van der Waals surface area (Å²) >= 11 is 1.45. The summed E-state index contributed by atoms with van der Waals surface area (Å²) in [7, 11) is 0. The average molecular weight is 349 g/mol. The minimum absolute atomic E-state index is 0.246. The lowest BCUT2D eigenvalue weighted by molar-refractivity contribution is -0.143. The molecule has 1 fully saturated rings. The quantitative estimate of drug-likeness (QED) is 0.669. The Morgan fingerprint density at radius 2 is 2.08 bits per heavy atom. The standard InChI is InChI=1S/C15H15N3O5S/c16-11(19)5-9(15(22)23)17-12(20)10-6-24-14-8-4-2-1-3-7(8)13(21)18(10)14/h1-4,9-10,14H,5-6H2,(H2,16,19)(H,17,20)(H,22,23)/t9-,10-,14-/m0/s1. The fourth-order valence-corrected chi connectivity index (χ4v) is 4.38. The molecule has 9 heteroatoms. The number of amides is 3. The smallest absolute Gasteiger partial charge is 0.326 e. The molecule has 0 unspecified atom stereocenters. The first-order valence-electron chi connectivity index (χ1n) is 7.25. The van der Waals surface area contributed by atoms with Gasteiger partial charge in [0.2, 0.25) is 11.8 Å². The van der Waals surface area contributed by atoms with Crippen molar-refractivity contribution in [1.29, 1.82) is 0 Å². The molecule has 1 aromatic carbocycles. The van der Waals surface area contributed by atoms with Crippen LogP contribution in [0.15, 0.2) is 24.3 Å². The average Bonchev–Trinajstić information content (AvgIpc) is 3.07. The number of carbonyl (C=O) groups excluding carboxylic acids is 3. The number of primary amides is 1. The fraction of sp³-hybridized carbons (Fsp3) is 0.333. The number of nitrogens with two attached hydrogens (primary N) is 1. The molecule has 1 saturated heterocycles. The van der Waals surface area contributed by atoms with Crippen LogP contribution in [-0.2, 0) is 14.4 Å². The molecule has 0 aliphatic carbocycles. The van der Waals surface area contributed by atoms with Gasteiger partial charge in [0.25, 0.3) is 5.91 Å². The number of carbonyl (C=O) groups is 4. The van der Waals surface area contributed by atoms with Crippen molar-refractivity contribution in [3.63, 3.8) is 0 Å². The molecule has 0 bridgehead atoms. The normalized spacial score (nSPS) is 22.7. The number of nitrogens with zero attached hydrogens (tertiary/aromatic N) is 1. The largest absolute Gasteiger partial charge is 0.480 e. The van der Waals surface area contributed by atoms with E-state index < -0.39 is 36.3 Å². The second kappa shape index (κ2) is 6.16. The van der Waals surface area contributed by atoms with Crippen molar-refractivity contribution in [3.8, 4) is 0 Å². The number of hydrogen-bond acceptors (Lipinski definition) is 5. The Kier molecular flexibility index (Phi) is 4.18. The summed E-state index contributed by atoms with van der Waals surface area (Å²) in [6.45, 7) is 0. The number of aliphatic carboxylic acids is 1. The van der Waals surface area contributed by atoms with Gasteiger partial charge in [-0.1, -0.05) is 18.2 Å². The van der Waals surface area contributed by atoms with E-state index >= 15 is 0 Å². The molecule has 4 N–H and O–H groups in total. The number of fused-ring (bicyclic) bond motifs is 3. The van der Waals surface area contributed by atoms with E-state index in [1.807, 2.05) is 12.1 Å². The Morgan fingerprint density at radius 1 is 1.38 bits per heavy atom. The fourth-order valence-electron chi connectivity index (χ4n) is 2.91. The molecule has 3 rings (SSSR count). The molecule has 3 amide bonds. The van der Waals surface area contributed by atoms with Crippen molar-refractivity contribution < 1.29 is 24.3 Å². The van der Waals surface area contributed by atoms with Crippen LogP contribution in [-0.4, -0.2) is 51.5 Å². The SMILES string of the molecule is NC(=O)C[C@H](NC(=O)[C@@H]1CS[C@H]2c3ccccc3C(=O)N12)C(=O)O. The Morgan fingerprint density at radius 3 is 2.75 bits per heavy atom. The van der Waals surface area contributed by atoms with Gasteiger partial charge in [-0.3, -0.25) is 14.4 Å². The van der Waals surface area contributed by atoms with Crippen LogP contribution in [0.3, 0.4) is 0 Å². The molecule has 8 nitrogen and oxygen atoms in total. The first kappa shape index (κ1) is 16.3. The third-order valence-corrected chi connectivity index (χ3v) is 5.32. The highest BCUT2D eigenvalue weighted by atomic mass is 32.2. The van der Waals surface area contributed by atoms with Crippen LogP contribution >= 0.6 is 11.8 Å². The van der Waals surface area contributed by atoms with Crippen LogP contribution in [0.2, 0.25) is 0 Å². The van der Waals surface area contributed by atoms with Crippen LogP contribution in [0, 0.1) is 0 Å². The van der Waals surface area contributed by atoms with Crippen LogP contribution in [0.4, 0.5) is 0 Å². The summed E-state index contributed by atoms with van der Waals surface area (Å²) in [6, 6.07) is 4.95. The van der Waals surface area contributed by atoms with Gasteiger partial charge in [-0.15, -0.1) is 11.8 Å². The van der Waals surface area contributed by atoms with E-state index in [-0.39, 0.29) is 11.3 Å². The minimum atomic E-state index is -1.40. The number of carboxylic acid groups (broad SMARTS) is 1. The molecule has 0 saturated carbocycles. The molecule has 24 heavy (non-hydrogen) atoms. The Balaban J connectivity index is 1.77. The van der Waals surface area contributed by atoms with Crippen molar-refractivity contribution in [3.05, 3.63) is 35.4 Å². The van der Waals surface area contributed by atoms with Gasteiger partial charge in [0.05, 0.1) is 6.42 Å². The van der Waals surface area contributed by atoms with Crippen molar-refractivity contribution in [1.82, 2.24) is 10.2 Å². The van der Waals surface area contributed by atoms with E-state index in [1.165, 1.54) is 16.7 Å². The lowest BCUT2D eigenvalue weighted by atomic mass is 10.1. The van der Waals surface area contributed by atoms with E-state index in [1.54, 1.807) is 12.1 Å². The third-order valence-electron chi connectivity index (χ3n) is 4.01. The van der Waals surface area contributed by atoms with Crippen molar-refractivity contribution in [2.45, 2.75) is 23.9 Å². The van der Waals surface area contributed by atoms with Gasteiger partial charge in [0.15, 0.2) is 0 Å². The number of nitrogens with one attached hydrogen (secondary N) is 1. The highest BCUT2D eigenvalue weighted by Crippen LogP contribution is 2.48. The second-order valence-corrected chi connectivity index (χ2v) is 6.68. The Labute approximate surface area is 141 Å². The predicted octanol–water partition coefficient (Wildman–Crippen LogP) is -0.299. The number of carboxylic acids is 1. The van der Waals surface area contributed by atoms with Gasteiger partial charge < -0.3 is 21.1 Å². The topological polar surface area (TPSA) is 130 Å². The van der Waals surface area contributed by atoms with Gasteiger partial charge in [0, 0.05) is 11.3 Å². The zero-order valence-electron chi connectivity index (χ0n) is 12.5. The van der Waals surface area contributed by atoms with Crippen LogP contribution in [0.25, 0.3) is 0 Å². The van der Waals surface area contributed by atoms with Crippen LogP contribution in [0.5, 0.6) is 0 Å². The molecule has 1 aromatic rings. The number of benzene rings is 1. The monoisotopic (exact) mass is 349 g/mol. The first-order valence-corrected chi connectivity index (χ1v) is 8.29. The molecular weight excluding hydrogens is 334 g/mol. The lowest BCUT2D eigenvalue weighted by Crippen LogP contribution is -2.52. The summed E-state index contributed by atoms with van der Waals surface area (Å²) in [5, 5.41) is 11.1. The predicted molar refractivity (Wildman–Crippen MR) is 85.0 cm³/mol. The van der Waals surface area contributed by atoms with Crippen LogP contribution < -0.4 is 11.1 Å². The van der Waals surface area contributed by atoms with E-state index in [2.05, 4.69) is 5.32 Å². The van der Waals surface area contributed by atoms with Crippen molar-refractivity contribution in [2.75, 3.05) is 5.75 Å². The van der Waals surface area contributed by atoms with E-state index in [4.69, 9.17) is 10.8 Å².